The Morgan fingerprint density at radius 2 is 2.00 bits per heavy atom. The van der Waals surface area contributed by atoms with Crippen molar-refractivity contribution in [2.24, 2.45) is 0 Å². The Kier molecular flexibility index (Phi) is 2.47. The smallest absolute Gasteiger partial charge is 0.129 e. The van der Waals surface area contributed by atoms with Crippen LogP contribution in [0.2, 0.25) is 0 Å². The first kappa shape index (κ1) is 10.5. The van der Waals surface area contributed by atoms with Crippen LogP contribution in [0.4, 0.5) is 0 Å². The lowest BCUT2D eigenvalue weighted by molar-refractivity contribution is 0.0789. The predicted octanol–water partition coefficient (Wildman–Crippen LogP) is 2.93. The van der Waals surface area contributed by atoms with Gasteiger partial charge >= 0.3 is 0 Å². The van der Waals surface area contributed by atoms with Crippen molar-refractivity contribution < 1.29 is 9.84 Å². The maximum atomic E-state index is 10.0. The van der Waals surface area contributed by atoms with Gasteiger partial charge in [-0.25, -0.2) is 0 Å². The highest BCUT2D eigenvalue weighted by Gasteiger charge is 2.33. The largest absolute Gasteiger partial charge is 0.487 e. The van der Waals surface area contributed by atoms with Crippen LogP contribution in [0, 0.1) is 6.92 Å². The lowest BCUT2D eigenvalue weighted by atomic mass is 9.94. The third-order valence-corrected chi connectivity index (χ3v) is 3.11. The van der Waals surface area contributed by atoms with Crippen LogP contribution >= 0.6 is 0 Å². The standard InChI is InChI=1S/C13H18O2/c1-7(2)10-6-5-8(3)11-12(14)9(4)15-13(10)11/h5-7,9,12,14H,1-4H3. The molecular formula is C13H18O2. The van der Waals surface area contributed by atoms with Gasteiger partial charge in [0.1, 0.15) is 18.0 Å². The molecular weight excluding hydrogens is 188 g/mol. The Morgan fingerprint density at radius 1 is 1.33 bits per heavy atom. The van der Waals surface area contributed by atoms with E-state index in [4.69, 9.17) is 4.74 Å². The van der Waals surface area contributed by atoms with E-state index in [0.29, 0.717) is 5.92 Å². The van der Waals surface area contributed by atoms with Crippen LogP contribution in [-0.2, 0) is 0 Å². The van der Waals surface area contributed by atoms with Gasteiger partial charge in [-0.15, -0.1) is 0 Å². The number of hydrogen-bond acceptors (Lipinski definition) is 2. The molecule has 2 atom stereocenters. The van der Waals surface area contributed by atoms with Gasteiger partial charge in [0.25, 0.3) is 0 Å². The highest BCUT2D eigenvalue weighted by Crippen LogP contribution is 2.43. The minimum absolute atomic E-state index is 0.126. The number of aryl methyl sites for hydroxylation is 1. The van der Waals surface area contributed by atoms with E-state index in [1.165, 1.54) is 5.56 Å². The summed E-state index contributed by atoms with van der Waals surface area (Å²) >= 11 is 0. The maximum absolute atomic E-state index is 10.0. The van der Waals surface area contributed by atoms with E-state index < -0.39 is 6.10 Å². The van der Waals surface area contributed by atoms with Gasteiger partial charge in [0.15, 0.2) is 0 Å². The maximum Gasteiger partial charge on any atom is 0.129 e. The zero-order valence-electron chi connectivity index (χ0n) is 9.74. The predicted molar refractivity (Wildman–Crippen MR) is 60.3 cm³/mol. The molecule has 2 unspecified atom stereocenters. The van der Waals surface area contributed by atoms with E-state index in [9.17, 15) is 5.11 Å². The molecule has 0 amide bonds. The van der Waals surface area contributed by atoms with Crippen LogP contribution in [-0.4, -0.2) is 11.2 Å². The molecule has 1 aromatic rings. The fourth-order valence-electron chi connectivity index (χ4n) is 2.15. The number of aliphatic hydroxyl groups excluding tert-OH is 1. The van der Waals surface area contributed by atoms with Crippen molar-refractivity contribution in [2.45, 2.75) is 45.8 Å². The molecule has 2 heteroatoms. The number of aliphatic hydroxyl groups is 1. The SMILES string of the molecule is Cc1ccc(C(C)C)c2c1C(O)C(C)O2. The molecule has 0 saturated carbocycles. The van der Waals surface area contributed by atoms with Gasteiger partial charge in [0, 0.05) is 5.56 Å². The Bertz CT molecular complexity index is 382. The first-order chi connectivity index (χ1) is 7.02. The van der Waals surface area contributed by atoms with E-state index in [1.54, 1.807) is 0 Å². The molecule has 15 heavy (non-hydrogen) atoms. The summed E-state index contributed by atoms with van der Waals surface area (Å²) in [5, 5.41) is 10.0. The molecule has 0 radical (unpaired) electrons. The summed E-state index contributed by atoms with van der Waals surface area (Å²) in [6.45, 7) is 8.22. The first-order valence-corrected chi connectivity index (χ1v) is 5.50. The average molecular weight is 206 g/mol. The second-order valence-corrected chi connectivity index (χ2v) is 4.64. The summed E-state index contributed by atoms with van der Waals surface area (Å²) < 4.78 is 5.74. The van der Waals surface area contributed by atoms with E-state index in [1.807, 2.05) is 13.8 Å². The van der Waals surface area contributed by atoms with Crippen LogP contribution in [0.1, 0.15) is 49.5 Å². The summed E-state index contributed by atoms with van der Waals surface area (Å²) in [6, 6.07) is 4.17. The molecule has 2 rings (SSSR count). The normalized spacial score (nSPS) is 24.1. The highest BCUT2D eigenvalue weighted by atomic mass is 16.5. The third kappa shape index (κ3) is 1.53. The van der Waals surface area contributed by atoms with Gasteiger partial charge in [0.05, 0.1) is 0 Å². The topological polar surface area (TPSA) is 29.5 Å². The molecule has 0 bridgehead atoms. The summed E-state index contributed by atoms with van der Waals surface area (Å²) in [7, 11) is 0. The van der Waals surface area contributed by atoms with Crippen LogP contribution in [0.25, 0.3) is 0 Å². The van der Waals surface area contributed by atoms with Gasteiger partial charge in [-0.2, -0.15) is 0 Å². The van der Waals surface area contributed by atoms with Gasteiger partial charge in [-0.1, -0.05) is 26.0 Å². The zero-order chi connectivity index (χ0) is 11.2. The number of ether oxygens (including phenoxy) is 1. The van der Waals surface area contributed by atoms with Crippen molar-refractivity contribution in [2.75, 3.05) is 0 Å². The molecule has 1 aromatic carbocycles. The Balaban J connectivity index is 2.59. The van der Waals surface area contributed by atoms with Gasteiger partial charge < -0.3 is 9.84 Å². The molecule has 1 heterocycles. The molecule has 0 spiro atoms. The van der Waals surface area contributed by atoms with Crippen LogP contribution in [0.3, 0.4) is 0 Å². The molecule has 0 aromatic heterocycles. The quantitative estimate of drug-likeness (QED) is 0.765. The van der Waals surface area contributed by atoms with Crippen molar-refractivity contribution in [3.8, 4) is 5.75 Å². The van der Waals surface area contributed by atoms with E-state index in [-0.39, 0.29) is 6.10 Å². The van der Waals surface area contributed by atoms with Crippen molar-refractivity contribution in [1.82, 2.24) is 0 Å². The van der Waals surface area contributed by atoms with Crippen molar-refractivity contribution >= 4 is 0 Å². The molecule has 1 aliphatic rings. The third-order valence-electron chi connectivity index (χ3n) is 3.11. The van der Waals surface area contributed by atoms with Crippen molar-refractivity contribution in [1.29, 1.82) is 0 Å². The average Bonchev–Trinajstić information content (AvgIpc) is 2.44. The Labute approximate surface area is 90.9 Å². The van der Waals surface area contributed by atoms with E-state index >= 15 is 0 Å². The van der Waals surface area contributed by atoms with Crippen molar-refractivity contribution in [3.63, 3.8) is 0 Å². The molecule has 0 aliphatic carbocycles. The van der Waals surface area contributed by atoms with Gasteiger partial charge in [-0.05, 0) is 30.9 Å². The highest BCUT2D eigenvalue weighted by molar-refractivity contribution is 5.51. The Morgan fingerprint density at radius 3 is 2.60 bits per heavy atom. The number of fused-ring (bicyclic) bond motifs is 1. The van der Waals surface area contributed by atoms with Crippen molar-refractivity contribution in [3.05, 3.63) is 28.8 Å². The minimum Gasteiger partial charge on any atom is -0.487 e. The van der Waals surface area contributed by atoms with E-state index in [0.717, 1.165) is 16.9 Å². The number of rotatable bonds is 1. The lowest BCUT2D eigenvalue weighted by Crippen LogP contribution is -2.13. The number of hydrogen-bond donors (Lipinski definition) is 1. The molecule has 1 N–H and O–H groups in total. The fourth-order valence-corrected chi connectivity index (χ4v) is 2.15. The van der Waals surface area contributed by atoms with E-state index in [2.05, 4.69) is 26.0 Å². The molecule has 0 saturated heterocycles. The van der Waals surface area contributed by atoms with Crippen LogP contribution < -0.4 is 4.74 Å². The summed E-state index contributed by atoms with van der Waals surface area (Å²) in [6.07, 6.45) is -0.600. The van der Waals surface area contributed by atoms with Gasteiger partial charge in [0.2, 0.25) is 0 Å². The number of benzene rings is 1. The van der Waals surface area contributed by atoms with Crippen LogP contribution in [0.15, 0.2) is 12.1 Å². The Hall–Kier alpha value is -1.02. The van der Waals surface area contributed by atoms with Crippen LogP contribution in [0.5, 0.6) is 5.75 Å². The summed E-state index contributed by atoms with van der Waals surface area (Å²) in [4.78, 5) is 0. The molecule has 1 aliphatic heterocycles. The molecule has 82 valence electrons. The minimum atomic E-state index is -0.473. The monoisotopic (exact) mass is 206 g/mol. The molecule has 2 nitrogen and oxygen atoms in total. The zero-order valence-corrected chi connectivity index (χ0v) is 9.74. The van der Waals surface area contributed by atoms with Gasteiger partial charge in [-0.3, -0.25) is 0 Å². The summed E-state index contributed by atoms with van der Waals surface area (Å²) in [5.41, 5.74) is 3.29. The summed E-state index contributed by atoms with van der Waals surface area (Å²) in [5.74, 6) is 1.34. The lowest BCUT2D eigenvalue weighted by Gasteiger charge is -2.12. The second-order valence-electron chi connectivity index (χ2n) is 4.64. The molecule has 0 fully saturated rings. The second kappa shape index (κ2) is 3.53. The first-order valence-electron chi connectivity index (χ1n) is 5.50. The fraction of sp³-hybridized carbons (Fsp3) is 0.538.